The number of nitrogens with one attached hydrogen (secondary N) is 1. The van der Waals surface area contributed by atoms with Gasteiger partial charge in [-0.3, -0.25) is 4.79 Å². The van der Waals surface area contributed by atoms with Gasteiger partial charge < -0.3 is 15.3 Å². The molecule has 0 saturated heterocycles. The van der Waals surface area contributed by atoms with E-state index in [1.54, 1.807) is 10.3 Å². The van der Waals surface area contributed by atoms with Gasteiger partial charge in [0.2, 0.25) is 5.91 Å². The van der Waals surface area contributed by atoms with Crippen LogP contribution in [-0.2, 0) is 4.79 Å². The van der Waals surface area contributed by atoms with Crippen LogP contribution in [-0.4, -0.2) is 29.1 Å². The second-order valence-electron chi connectivity index (χ2n) is 4.64. The molecule has 1 amide bonds. The molecule has 0 radical (unpaired) electrons. The molecule has 1 fully saturated rings. The van der Waals surface area contributed by atoms with Crippen LogP contribution in [0.1, 0.15) is 29.4 Å². The fraction of sp³-hybridized carbons (Fsp3) is 0.455. The number of amides is 1. The molecule has 0 aromatic carbocycles. The molecule has 1 aromatic heterocycles. The maximum Gasteiger partial charge on any atom is 0.348 e. The van der Waals surface area contributed by atoms with Crippen LogP contribution < -0.4 is 10.2 Å². The van der Waals surface area contributed by atoms with Crippen molar-refractivity contribution in [3.8, 4) is 0 Å². The number of hydrogen-bond acceptors (Lipinski definition) is 4. The molecule has 17 heavy (non-hydrogen) atoms. The Morgan fingerprint density at radius 2 is 2.24 bits per heavy atom. The van der Waals surface area contributed by atoms with Crippen molar-refractivity contribution < 1.29 is 14.7 Å². The monoisotopic (exact) mass is 252 g/mol. The van der Waals surface area contributed by atoms with E-state index in [9.17, 15) is 9.59 Å². The molecule has 1 spiro atoms. The average Bonchev–Trinajstić information content (AvgIpc) is 2.86. The Morgan fingerprint density at radius 3 is 2.76 bits per heavy atom. The third-order valence-corrected chi connectivity index (χ3v) is 4.28. The molecule has 3 rings (SSSR count). The van der Waals surface area contributed by atoms with Gasteiger partial charge in [0, 0.05) is 18.8 Å². The van der Waals surface area contributed by atoms with Crippen molar-refractivity contribution in [1.82, 2.24) is 0 Å². The highest BCUT2D eigenvalue weighted by atomic mass is 32.1. The predicted octanol–water partition coefficient (Wildman–Crippen LogP) is 1.76. The molecule has 1 aliphatic heterocycles. The van der Waals surface area contributed by atoms with Gasteiger partial charge in [-0.1, -0.05) is 0 Å². The van der Waals surface area contributed by atoms with Crippen LogP contribution in [0.2, 0.25) is 0 Å². The number of anilines is 2. The minimum Gasteiger partial charge on any atom is -0.477 e. The van der Waals surface area contributed by atoms with Crippen molar-refractivity contribution in [2.45, 2.75) is 25.3 Å². The van der Waals surface area contributed by atoms with E-state index >= 15 is 0 Å². The second kappa shape index (κ2) is 3.22. The second-order valence-corrected chi connectivity index (χ2v) is 5.52. The minimum absolute atomic E-state index is 0.00445. The smallest absolute Gasteiger partial charge is 0.348 e. The summed E-state index contributed by atoms with van der Waals surface area (Å²) in [6, 6.07) is 0. The first-order valence-corrected chi connectivity index (χ1v) is 6.31. The molecule has 0 atom stereocenters. The maximum absolute atomic E-state index is 11.7. The lowest BCUT2D eigenvalue weighted by atomic mass is 10.1. The van der Waals surface area contributed by atoms with Gasteiger partial charge in [0.05, 0.1) is 16.9 Å². The molecule has 90 valence electrons. The van der Waals surface area contributed by atoms with E-state index in [0.29, 0.717) is 12.2 Å². The Labute approximate surface area is 102 Å². The van der Waals surface area contributed by atoms with E-state index in [-0.39, 0.29) is 16.3 Å². The standard InChI is InChI=1S/C11H12N2O3S/c1-6(14)13-5-11(2-3-11)12-7-4-17-9(8(7)13)10(15)16/h4,12H,2-3,5H2,1H3,(H,15,16). The molecular formula is C11H12N2O3S. The predicted molar refractivity (Wildman–Crippen MR) is 64.9 cm³/mol. The molecule has 2 heterocycles. The van der Waals surface area contributed by atoms with Gasteiger partial charge >= 0.3 is 5.97 Å². The summed E-state index contributed by atoms with van der Waals surface area (Å²) in [4.78, 5) is 24.6. The molecule has 2 N–H and O–H groups in total. The summed E-state index contributed by atoms with van der Waals surface area (Å²) < 4.78 is 0. The molecular weight excluding hydrogens is 240 g/mol. The zero-order valence-corrected chi connectivity index (χ0v) is 10.1. The van der Waals surface area contributed by atoms with Crippen LogP contribution in [0, 0.1) is 0 Å². The first-order chi connectivity index (χ1) is 8.02. The van der Waals surface area contributed by atoms with E-state index in [0.717, 1.165) is 18.5 Å². The van der Waals surface area contributed by atoms with E-state index in [4.69, 9.17) is 5.11 Å². The summed E-state index contributed by atoms with van der Waals surface area (Å²) in [6.45, 7) is 2.06. The number of carboxylic acids is 1. The molecule has 1 saturated carbocycles. The van der Waals surface area contributed by atoms with Crippen LogP contribution >= 0.6 is 11.3 Å². The number of thiophene rings is 1. The quantitative estimate of drug-likeness (QED) is 0.799. The van der Waals surface area contributed by atoms with Crippen molar-refractivity contribution in [2.24, 2.45) is 0 Å². The van der Waals surface area contributed by atoms with Crippen LogP contribution in [0.3, 0.4) is 0 Å². The Hall–Kier alpha value is -1.56. The zero-order chi connectivity index (χ0) is 12.2. The number of carboxylic acid groups (broad SMARTS) is 1. The van der Waals surface area contributed by atoms with Crippen molar-refractivity contribution in [3.63, 3.8) is 0 Å². The van der Waals surface area contributed by atoms with E-state index in [2.05, 4.69) is 5.32 Å². The largest absolute Gasteiger partial charge is 0.477 e. The Bertz CT molecular complexity index is 519. The summed E-state index contributed by atoms with van der Waals surface area (Å²) in [7, 11) is 0. The number of nitrogens with zero attached hydrogens (tertiary/aromatic N) is 1. The van der Waals surface area contributed by atoms with Gasteiger partial charge in [-0.05, 0) is 12.8 Å². The molecule has 0 unspecified atom stereocenters. The van der Waals surface area contributed by atoms with Crippen molar-refractivity contribution in [1.29, 1.82) is 0 Å². The molecule has 6 heteroatoms. The summed E-state index contributed by atoms with van der Waals surface area (Å²) in [5.41, 5.74) is 1.31. The van der Waals surface area contributed by atoms with Gasteiger partial charge in [-0.2, -0.15) is 0 Å². The number of fused-ring (bicyclic) bond motifs is 1. The van der Waals surface area contributed by atoms with Crippen LogP contribution in [0.5, 0.6) is 0 Å². The number of hydrogen-bond donors (Lipinski definition) is 2. The van der Waals surface area contributed by atoms with E-state index in [1.807, 2.05) is 0 Å². The highest BCUT2D eigenvalue weighted by molar-refractivity contribution is 7.13. The topological polar surface area (TPSA) is 69.6 Å². The number of aromatic carboxylic acids is 1. The molecule has 0 bridgehead atoms. The number of carbonyl (C=O) groups excluding carboxylic acids is 1. The summed E-state index contributed by atoms with van der Waals surface area (Å²) >= 11 is 1.17. The SMILES string of the molecule is CC(=O)N1CC2(CC2)Nc2csc(C(=O)O)c21. The summed E-state index contributed by atoms with van der Waals surface area (Å²) in [5, 5.41) is 14.3. The van der Waals surface area contributed by atoms with Gasteiger partial charge in [0.25, 0.3) is 0 Å². The normalized spacial score (nSPS) is 19.7. The fourth-order valence-corrected chi connectivity index (χ4v) is 3.11. The average molecular weight is 252 g/mol. The molecule has 2 aliphatic rings. The van der Waals surface area contributed by atoms with Gasteiger partial charge in [-0.15, -0.1) is 11.3 Å². The zero-order valence-electron chi connectivity index (χ0n) is 9.32. The highest BCUT2D eigenvalue weighted by Gasteiger charge is 2.49. The van der Waals surface area contributed by atoms with Crippen LogP contribution in [0.4, 0.5) is 11.4 Å². The van der Waals surface area contributed by atoms with Crippen LogP contribution in [0.25, 0.3) is 0 Å². The Morgan fingerprint density at radius 1 is 1.53 bits per heavy atom. The summed E-state index contributed by atoms with van der Waals surface area (Å²) in [5.74, 6) is -1.07. The minimum atomic E-state index is -0.976. The fourth-order valence-electron chi connectivity index (χ4n) is 2.27. The van der Waals surface area contributed by atoms with E-state index < -0.39 is 5.97 Å². The van der Waals surface area contributed by atoms with Gasteiger partial charge in [0.15, 0.2) is 0 Å². The first-order valence-electron chi connectivity index (χ1n) is 5.43. The molecule has 1 aliphatic carbocycles. The lowest BCUT2D eigenvalue weighted by Crippen LogP contribution is -2.45. The Kier molecular flexibility index (Phi) is 2.01. The lowest BCUT2D eigenvalue weighted by Gasteiger charge is -2.34. The first kappa shape index (κ1) is 10.6. The van der Waals surface area contributed by atoms with E-state index in [1.165, 1.54) is 18.3 Å². The Balaban J connectivity index is 2.11. The number of rotatable bonds is 1. The highest BCUT2D eigenvalue weighted by Crippen LogP contribution is 2.49. The third kappa shape index (κ3) is 1.51. The van der Waals surface area contributed by atoms with Crippen molar-refractivity contribution >= 4 is 34.6 Å². The molecule has 1 aromatic rings. The van der Waals surface area contributed by atoms with Crippen molar-refractivity contribution in [2.75, 3.05) is 16.8 Å². The van der Waals surface area contributed by atoms with Gasteiger partial charge in [-0.25, -0.2) is 4.79 Å². The lowest BCUT2D eigenvalue weighted by molar-refractivity contribution is -0.116. The van der Waals surface area contributed by atoms with Gasteiger partial charge in [0.1, 0.15) is 4.88 Å². The summed E-state index contributed by atoms with van der Waals surface area (Å²) in [6.07, 6.45) is 2.07. The maximum atomic E-state index is 11.7. The molecule has 5 nitrogen and oxygen atoms in total. The van der Waals surface area contributed by atoms with Crippen molar-refractivity contribution in [3.05, 3.63) is 10.3 Å². The third-order valence-electron chi connectivity index (χ3n) is 3.32. The van der Waals surface area contributed by atoms with Crippen LogP contribution in [0.15, 0.2) is 5.38 Å². The number of carbonyl (C=O) groups is 2.